The molecule has 0 saturated carbocycles. The van der Waals surface area contributed by atoms with Crippen LogP contribution >= 0.6 is 0 Å². The van der Waals surface area contributed by atoms with E-state index in [2.05, 4.69) is 89.9 Å². The minimum atomic E-state index is -3.97. The van der Waals surface area contributed by atoms with Gasteiger partial charge in [0.05, 0.1) is 32.3 Å². The first-order valence-electron chi connectivity index (χ1n) is 20.5. The number of sulfone groups is 1. The zero-order valence-corrected chi connectivity index (χ0v) is 34.0. The van der Waals surface area contributed by atoms with Crippen molar-refractivity contribution in [2.24, 2.45) is 0 Å². The minimum absolute atomic E-state index is 0.305. The van der Waals surface area contributed by atoms with Gasteiger partial charge >= 0.3 is 0 Å². The van der Waals surface area contributed by atoms with Crippen LogP contribution in [0.15, 0.2) is 216 Å². The molecule has 2 aliphatic rings. The Morgan fingerprint density at radius 2 is 1.08 bits per heavy atom. The first kappa shape index (κ1) is 36.0. The van der Waals surface area contributed by atoms with E-state index in [1.807, 2.05) is 103 Å². The number of hydrogen-bond acceptors (Lipinski definition) is 6. The van der Waals surface area contributed by atoms with Crippen LogP contribution in [0.25, 0.3) is 78.2 Å². The summed E-state index contributed by atoms with van der Waals surface area (Å²) in [5.74, 6) is 0.540. The van der Waals surface area contributed by atoms with Crippen LogP contribution in [0.1, 0.15) is 22.3 Å². The molecule has 1 atom stereocenters. The third-order valence-electron chi connectivity index (χ3n) is 12.5. The Labute approximate surface area is 358 Å². The second-order valence-corrected chi connectivity index (χ2v) is 17.6. The van der Waals surface area contributed by atoms with Crippen LogP contribution in [0.4, 0.5) is 0 Å². The number of nitrogens with zero attached hydrogens (tertiary/aromatic N) is 4. The van der Waals surface area contributed by atoms with Crippen molar-refractivity contribution in [2.75, 3.05) is 0 Å². The Morgan fingerprint density at radius 3 is 1.85 bits per heavy atom. The molecule has 0 radical (unpaired) electrons. The van der Waals surface area contributed by atoms with Crippen LogP contribution in [-0.4, -0.2) is 28.4 Å². The maximum Gasteiger partial charge on any atom is 0.207 e. The molecule has 1 aliphatic heterocycles. The smallest absolute Gasteiger partial charge is 0.207 e. The molecule has 0 amide bonds. The van der Waals surface area contributed by atoms with Crippen LogP contribution in [0.2, 0.25) is 0 Å². The molecule has 62 heavy (non-hydrogen) atoms. The summed E-state index contributed by atoms with van der Waals surface area (Å²) in [5.41, 5.74) is 12.4. The summed E-state index contributed by atoms with van der Waals surface area (Å²) in [6.07, 6.45) is 5.37. The van der Waals surface area contributed by atoms with Gasteiger partial charge in [-0.25, -0.2) is 18.4 Å². The van der Waals surface area contributed by atoms with Gasteiger partial charge in [0.1, 0.15) is 0 Å². The molecular formula is C55H34N4O2S. The van der Waals surface area contributed by atoms with Crippen LogP contribution in [0.5, 0.6) is 0 Å². The maximum absolute atomic E-state index is 15.2. The zero-order valence-electron chi connectivity index (χ0n) is 33.1. The predicted molar refractivity (Wildman–Crippen MR) is 245 cm³/mol. The van der Waals surface area contributed by atoms with Crippen molar-refractivity contribution in [2.45, 2.75) is 15.2 Å². The molecule has 7 aromatic carbocycles. The fraction of sp³-hybridized carbons (Fsp3) is 0.0182. The molecule has 7 heteroatoms. The lowest BCUT2D eigenvalue weighted by Gasteiger charge is -2.43. The molecule has 1 unspecified atom stereocenters. The zero-order chi connectivity index (χ0) is 41.4. The average Bonchev–Trinajstić information content (AvgIpc) is 3.45. The topological polar surface area (TPSA) is 85.7 Å². The molecule has 4 heterocycles. The van der Waals surface area contributed by atoms with E-state index < -0.39 is 15.3 Å². The van der Waals surface area contributed by atoms with Gasteiger partial charge < -0.3 is 0 Å². The molecule has 12 rings (SSSR count). The molecule has 1 spiro atoms. The summed E-state index contributed by atoms with van der Waals surface area (Å²) in [5, 5.41) is 1.57. The summed E-state index contributed by atoms with van der Waals surface area (Å²) in [4.78, 5) is 20.1. The predicted octanol–water partition coefficient (Wildman–Crippen LogP) is 12.3. The third-order valence-corrected chi connectivity index (χ3v) is 14.4. The summed E-state index contributed by atoms with van der Waals surface area (Å²) >= 11 is 0. The van der Waals surface area contributed by atoms with Crippen LogP contribution < -0.4 is 0 Å². The highest BCUT2D eigenvalue weighted by molar-refractivity contribution is 7.92. The first-order valence-corrected chi connectivity index (χ1v) is 22.0. The van der Waals surface area contributed by atoms with E-state index >= 15 is 8.42 Å². The Hall–Kier alpha value is -7.87. The highest BCUT2D eigenvalue weighted by Crippen LogP contribution is 2.60. The van der Waals surface area contributed by atoms with Crippen molar-refractivity contribution in [3.05, 3.63) is 229 Å². The average molecular weight is 815 g/mol. The Balaban J connectivity index is 1.18. The normalized spacial score (nSPS) is 15.4. The number of aromatic nitrogens is 4. The van der Waals surface area contributed by atoms with Crippen molar-refractivity contribution < 1.29 is 8.42 Å². The SMILES string of the molecule is O=S1(=O)c2ccccc2C2(c3ccccc3-c3ccccc3-c3ccc(-c4cc(-c5ccccc5)nc(-c5ccc(-c6cccnc6)nc5)n4)cc32)c2ccc3ccccc3c21. The molecular weight excluding hydrogens is 781 g/mol. The lowest BCUT2D eigenvalue weighted by atomic mass is 9.62. The fourth-order valence-corrected chi connectivity index (χ4v) is 11.7. The van der Waals surface area contributed by atoms with Gasteiger partial charge in [-0.15, -0.1) is 0 Å². The van der Waals surface area contributed by atoms with Crippen molar-refractivity contribution >= 4 is 20.6 Å². The van der Waals surface area contributed by atoms with Crippen LogP contribution in [-0.2, 0) is 15.3 Å². The molecule has 0 bridgehead atoms. The quantitative estimate of drug-likeness (QED) is 0.176. The van der Waals surface area contributed by atoms with E-state index in [9.17, 15) is 0 Å². The highest BCUT2D eigenvalue weighted by atomic mass is 32.2. The molecule has 292 valence electrons. The monoisotopic (exact) mass is 814 g/mol. The number of pyridine rings is 2. The van der Waals surface area contributed by atoms with Crippen LogP contribution in [0.3, 0.4) is 0 Å². The first-order chi connectivity index (χ1) is 30.5. The Morgan fingerprint density at radius 1 is 0.419 bits per heavy atom. The lowest BCUT2D eigenvalue weighted by molar-refractivity contribution is 0.581. The Bertz CT molecular complexity index is 3540. The molecule has 0 N–H and O–H groups in total. The number of rotatable bonds is 4. The molecule has 0 saturated heterocycles. The molecule has 10 aromatic rings. The van der Waals surface area contributed by atoms with Gasteiger partial charge in [0.2, 0.25) is 9.84 Å². The van der Waals surface area contributed by atoms with Gasteiger partial charge in [-0.05, 0) is 92.4 Å². The van der Waals surface area contributed by atoms with Gasteiger partial charge in [-0.1, -0.05) is 146 Å². The van der Waals surface area contributed by atoms with Gasteiger partial charge in [-0.2, -0.15) is 0 Å². The van der Waals surface area contributed by atoms with Gasteiger partial charge in [-0.3, -0.25) is 9.97 Å². The van der Waals surface area contributed by atoms with E-state index in [4.69, 9.17) is 15.0 Å². The minimum Gasteiger partial charge on any atom is -0.264 e. The second kappa shape index (κ2) is 13.8. The fourth-order valence-electron chi connectivity index (χ4n) is 9.76. The highest BCUT2D eigenvalue weighted by Gasteiger charge is 2.52. The number of fused-ring (bicyclic) bond motifs is 13. The lowest BCUT2D eigenvalue weighted by Crippen LogP contribution is -2.38. The van der Waals surface area contributed by atoms with Gasteiger partial charge in [0, 0.05) is 46.2 Å². The molecule has 3 aromatic heterocycles. The van der Waals surface area contributed by atoms with E-state index in [-0.39, 0.29) is 0 Å². The van der Waals surface area contributed by atoms with Crippen LogP contribution in [0, 0.1) is 0 Å². The maximum atomic E-state index is 15.2. The summed E-state index contributed by atoms with van der Waals surface area (Å²) < 4.78 is 30.3. The summed E-state index contributed by atoms with van der Waals surface area (Å²) in [6, 6.07) is 63.1. The number of hydrogen-bond donors (Lipinski definition) is 0. The van der Waals surface area contributed by atoms with Crippen molar-refractivity contribution in [1.82, 2.24) is 19.9 Å². The van der Waals surface area contributed by atoms with Crippen molar-refractivity contribution in [3.63, 3.8) is 0 Å². The van der Waals surface area contributed by atoms with E-state index in [1.165, 1.54) is 0 Å². The second-order valence-electron chi connectivity index (χ2n) is 15.8. The molecule has 6 nitrogen and oxygen atoms in total. The van der Waals surface area contributed by atoms with Gasteiger partial charge in [0.25, 0.3) is 0 Å². The largest absolute Gasteiger partial charge is 0.264 e. The number of benzene rings is 7. The third kappa shape index (κ3) is 5.31. The van der Waals surface area contributed by atoms with Gasteiger partial charge in [0.15, 0.2) is 5.82 Å². The molecule has 1 aliphatic carbocycles. The Kier molecular flexibility index (Phi) is 8.04. The summed E-state index contributed by atoms with van der Waals surface area (Å²) in [6.45, 7) is 0. The van der Waals surface area contributed by atoms with E-state index in [0.29, 0.717) is 21.0 Å². The van der Waals surface area contributed by atoms with E-state index in [0.717, 1.165) is 89.2 Å². The van der Waals surface area contributed by atoms with E-state index in [1.54, 1.807) is 18.5 Å². The van der Waals surface area contributed by atoms with Crippen molar-refractivity contribution in [1.29, 1.82) is 0 Å². The standard InChI is InChI=1S/C55H34N4O2S/c60-62(61)52-23-11-10-22-46(52)55(47-28-25-35-13-4-5-17-40(35)53(47)62)45-21-9-8-20-43(45)41-18-6-7-19-42(41)44-27-24-37(31-48(44)55)51-32-50(36-14-2-1-3-15-36)58-54(59-51)39-26-29-49(57-34-39)38-16-12-30-56-33-38/h1-34H. The summed E-state index contributed by atoms with van der Waals surface area (Å²) in [7, 11) is -3.97. The van der Waals surface area contributed by atoms with Crippen molar-refractivity contribution in [3.8, 4) is 67.4 Å². The molecule has 0 fully saturated rings.